The minimum absolute atomic E-state index is 0.0353. The highest BCUT2D eigenvalue weighted by atomic mass is 16.5. The third-order valence-corrected chi connectivity index (χ3v) is 3.77. The predicted molar refractivity (Wildman–Crippen MR) is 81.5 cm³/mol. The molecule has 1 unspecified atom stereocenters. The van der Waals surface area contributed by atoms with Crippen molar-refractivity contribution in [2.24, 2.45) is 5.73 Å². The van der Waals surface area contributed by atoms with Crippen LogP contribution in [0.2, 0.25) is 0 Å². The Morgan fingerprint density at radius 3 is 2.67 bits per heavy atom. The molecule has 0 aromatic heterocycles. The van der Waals surface area contributed by atoms with Gasteiger partial charge in [0, 0.05) is 30.8 Å². The van der Waals surface area contributed by atoms with E-state index in [9.17, 15) is 4.79 Å². The topological polar surface area (TPSA) is 64.8 Å². The largest absolute Gasteiger partial charge is 0.497 e. The third-order valence-electron chi connectivity index (χ3n) is 3.77. The van der Waals surface area contributed by atoms with Gasteiger partial charge in [-0.15, -0.1) is 0 Å². The van der Waals surface area contributed by atoms with Gasteiger partial charge in [-0.05, 0) is 32.3 Å². The van der Waals surface area contributed by atoms with Gasteiger partial charge in [0.2, 0.25) is 0 Å². The molecule has 1 heterocycles. The molecule has 1 atom stereocenters. The van der Waals surface area contributed by atoms with Crippen molar-refractivity contribution in [3.63, 3.8) is 0 Å². The third kappa shape index (κ3) is 4.11. The van der Waals surface area contributed by atoms with Gasteiger partial charge in [0.15, 0.2) is 6.61 Å². The van der Waals surface area contributed by atoms with Gasteiger partial charge in [-0.3, -0.25) is 4.79 Å². The summed E-state index contributed by atoms with van der Waals surface area (Å²) in [5.74, 6) is 1.35. The van der Waals surface area contributed by atoms with E-state index in [0.717, 1.165) is 31.5 Å². The van der Waals surface area contributed by atoms with E-state index in [2.05, 4.69) is 0 Å². The van der Waals surface area contributed by atoms with E-state index >= 15 is 0 Å². The maximum absolute atomic E-state index is 12.1. The van der Waals surface area contributed by atoms with Gasteiger partial charge < -0.3 is 20.1 Å². The van der Waals surface area contributed by atoms with Crippen LogP contribution in [0.1, 0.15) is 37.8 Å². The number of rotatable bonds is 5. The molecule has 1 aliphatic heterocycles. The van der Waals surface area contributed by atoms with Crippen molar-refractivity contribution >= 4 is 5.91 Å². The molecule has 116 valence electrons. The van der Waals surface area contributed by atoms with Crippen molar-refractivity contribution in [3.05, 3.63) is 23.8 Å². The van der Waals surface area contributed by atoms with Crippen LogP contribution >= 0.6 is 0 Å². The monoisotopic (exact) mass is 292 g/mol. The second-order valence-electron chi connectivity index (χ2n) is 5.42. The Morgan fingerprint density at radius 1 is 1.33 bits per heavy atom. The average Bonchev–Trinajstić information content (AvgIpc) is 2.52. The lowest BCUT2D eigenvalue weighted by Crippen LogP contribution is -2.38. The Kier molecular flexibility index (Phi) is 5.44. The Morgan fingerprint density at radius 2 is 2.05 bits per heavy atom. The molecule has 1 saturated heterocycles. The number of likely N-dealkylation sites (tertiary alicyclic amines) is 1. The van der Waals surface area contributed by atoms with Crippen LogP contribution in [0.5, 0.6) is 11.5 Å². The number of carbonyl (C=O) groups is 1. The summed E-state index contributed by atoms with van der Waals surface area (Å²) >= 11 is 0. The summed E-state index contributed by atoms with van der Waals surface area (Å²) in [7, 11) is 1.60. The van der Waals surface area contributed by atoms with Crippen molar-refractivity contribution in [3.8, 4) is 11.5 Å². The van der Waals surface area contributed by atoms with Crippen LogP contribution in [0.25, 0.3) is 0 Å². The molecular weight excluding hydrogens is 268 g/mol. The fourth-order valence-electron chi connectivity index (χ4n) is 2.52. The number of methoxy groups -OCH3 is 1. The summed E-state index contributed by atoms with van der Waals surface area (Å²) in [6.07, 6.45) is 3.36. The van der Waals surface area contributed by atoms with Crippen LogP contribution in [-0.2, 0) is 4.79 Å². The first-order valence-electron chi connectivity index (χ1n) is 7.46. The highest BCUT2D eigenvalue weighted by molar-refractivity contribution is 5.77. The molecule has 0 radical (unpaired) electrons. The summed E-state index contributed by atoms with van der Waals surface area (Å²) < 4.78 is 10.9. The lowest BCUT2D eigenvalue weighted by molar-refractivity contribution is -0.134. The lowest BCUT2D eigenvalue weighted by atomic mass is 10.1. The number of hydrogen-bond acceptors (Lipinski definition) is 4. The average molecular weight is 292 g/mol. The standard InChI is InChI=1S/C16H24N2O3/c1-12(17)14-7-6-13(20-2)10-15(14)21-11-16(19)18-8-4-3-5-9-18/h6-7,10,12H,3-5,8-9,11,17H2,1-2H3. The predicted octanol–water partition coefficient (Wildman–Crippen LogP) is 2.11. The van der Waals surface area contributed by atoms with Gasteiger partial charge in [0.1, 0.15) is 11.5 Å². The highest BCUT2D eigenvalue weighted by Crippen LogP contribution is 2.28. The molecule has 5 heteroatoms. The van der Waals surface area contributed by atoms with Gasteiger partial charge in [-0.1, -0.05) is 6.07 Å². The van der Waals surface area contributed by atoms with Gasteiger partial charge in [-0.2, -0.15) is 0 Å². The fourth-order valence-corrected chi connectivity index (χ4v) is 2.52. The maximum atomic E-state index is 12.1. The fraction of sp³-hybridized carbons (Fsp3) is 0.562. The number of hydrogen-bond donors (Lipinski definition) is 1. The van der Waals surface area contributed by atoms with Gasteiger partial charge >= 0.3 is 0 Å². The van der Waals surface area contributed by atoms with Crippen LogP contribution in [-0.4, -0.2) is 37.6 Å². The summed E-state index contributed by atoms with van der Waals surface area (Å²) in [5, 5.41) is 0. The quantitative estimate of drug-likeness (QED) is 0.902. The zero-order valence-corrected chi connectivity index (χ0v) is 12.8. The summed E-state index contributed by atoms with van der Waals surface area (Å²) in [4.78, 5) is 14.0. The molecule has 1 amide bonds. The molecule has 1 aromatic rings. The second-order valence-corrected chi connectivity index (χ2v) is 5.42. The molecule has 0 saturated carbocycles. The van der Waals surface area contributed by atoms with E-state index < -0.39 is 0 Å². The van der Waals surface area contributed by atoms with Crippen molar-refractivity contribution in [1.29, 1.82) is 0 Å². The molecule has 1 fully saturated rings. The van der Waals surface area contributed by atoms with Crippen molar-refractivity contribution in [2.75, 3.05) is 26.8 Å². The molecule has 1 aromatic carbocycles. The number of benzene rings is 1. The van der Waals surface area contributed by atoms with Crippen LogP contribution < -0.4 is 15.2 Å². The van der Waals surface area contributed by atoms with E-state index in [1.807, 2.05) is 24.0 Å². The first kappa shape index (κ1) is 15.6. The SMILES string of the molecule is COc1ccc(C(C)N)c(OCC(=O)N2CCCCC2)c1. The highest BCUT2D eigenvalue weighted by Gasteiger charge is 2.18. The Hall–Kier alpha value is -1.75. The number of ether oxygens (including phenoxy) is 2. The summed E-state index contributed by atoms with van der Waals surface area (Å²) in [5.41, 5.74) is 6.82. The van der Waals surface area contributed by atoms with Gasteiger partial charge in [0.05, 0.1) is 7.11 Å². The molecule has 21 heavy (non-hydrogen) atoms. The van der Waals surface area contributed by atoms with E-state index in [4.69, 9.17) is 15.2 Å². The second kappa shape index (κ2) is 7.31. The lowest BCUT2D eigenvalue weighted by Gasteiger charge is -2.26. The number of nitrogens with two attached hydrogens (primary N) is 1. The van der Waals surface area contributed by atoms with Crippen LogP contribution in [0.4, 0.5) is 0 Å². The van der Waals surface area contributed by atoms with E-state index in [0.29, 0.717) is 11.5 Å². The first-order chi connectivity index (χ1) is 10.1. The molecule has 0 aliphatic carbocycles. The van der Waals surface area contributed by atoms with Crippen LogP contribution in [0.3, 0.4) is 0 Å². The summed E-state index contributed by atoms with van der Waals surface area (Å²) in [6.45, 7) is 3.61. The van der Waals surface area contributed by atoms with Crippen molar-refractivity contribution in [2.45, 2.75) is 32.2 Å². The van der Waals surface area contributed by atoms with Crippen LogP contribution in [0.15, 0.2) is 18.2 Å². The number of carbonyl (C=O) groups excluding carboxylic acids is 1. The molecule has 2 rings (SSSR count). The van der Waals surface area contributed by atoms with E-state index in [1.54, 1.807) is 13.2 Å². The van der Waals surface area contributed by atoms with Gasteiger partial charge in [0.25, 0.3) is 5.91 Å². The molecule has 2 N–H and O–H groups in total. The normalized spacial score (nSPS) is 16.4. The van der Waals surface area contributed by atoms with Crippen LogP contribution in [0, 0.1) is 0 Å². The van der Waals surface area contributed by atoms with Crippen molar-refractivity contribution < 1.29 is 14.3 Å². The number of piperidine rings is 1. The Bertz CT molecular complexity index is 482. The minimum Gasteiger partial charge on any atom is -0.497 e. The molecule has 0 bridgehead atoms. The molecule has 5 nitrogen and oxygen atoms in total. The maximum Gasteiger partial charge on any atom is 0.260 e. The zero-order chi connectivity index (χ0) is 15.2. The number of nitrogens with zero attached hydrogens (tertiary/aromatic N) is 1. The molecular formula is C16H24N2O3. The molecule has 0 spiro atoms. The minimum atomic E-state index is -0.156. The Labute approximate surface area is 126 Å². The molecule has 1 aliphatic rings. The Balaban J connectivity index is 2.02. The van der Waals surface area contributed by atoms with E-state index in [1.165, 1.54) is 6.42 Å². The number of amides is 1. The van der Waals surface area contributed by atoms with Gasteiger partial charge in [-0.25, -0.2) is 0 Å². The van der Waals surface area contributed by atoms with Crippen molar-refractivity contribution in [1.82, 2.24) is 4.90 Å². The first-order valence-corrected chi connectivity index (χ1v) is 7.46. The smallest absolute Gasteiger partial charge is 0.260 e. The summed E-state index contributed by atoms with van der Waals surface area (Å²) in [6, 6.07) is 5.35. The van der Waals surface area contributed by atoms with E-state index in [-0.39, 0.29) is 18.6 Å². The zero-order valence-electron chi connectivity index (χ0n) is 12.8.